The zero-order chi connectivity index (χ0) is 26.2. The number of aromatic amines is 2. The third-order valence-corrected chi connectivity index (χ3v) is 6.39. The molecule has 0 aliphatic carbocycles. The maximum absolute atomic E-state index is 14.0. The topological polar surface area (TPSA) is 120 Å². The number of nitrogens with one attached hydrogen (secondary N) is 3. The van der Waals surface area contributed by atoms with Crippen molar-refractivity contribution < 1.29 is 14.3 Å². The summed E-state index contributed by atoms with van der Waals surface area (Å²) in [5, 5.41) is 22.1. The molecule has 6 rings (SSSR count). The largest absolute Gasteiger partial charge is 0.508 e. The van der Waals surface area contributed by atoms with Crippen molar-refractivity contribution in [2.24, 2.45) is 0 Å². The number of carbonyl (C=O) groups excluding carboxylic acids is 1. The van der Waals surface area contributed by atoms with Crippen molar-refractivity contribution in [3.05, 3.63) is 79.1 Å². The molecular weight excluding hydrogens is 483 g/mol. The summed E-state index contributed by atoms with van der Waals surface area (Å²) in [6.45, 7) is 1.96. The van der Waals surface area contributed by atoms with Crippen LogP contribution < -0.4 is 5.32 Å². The van der Waals surface area contributed by atoms with Gasteiger partial charge in [0, 0.05) is 46.8 Å². The third kappa shape index (κ3) is 4.34. The van der Waals surface area contributed by atoms with Crippen LogP contribution in [0, 0.1) is 5.82 Å². The molecule has 0 saturated heterocycles. The van der Waals surface area contributed by atoms with E-state index in [2.05, 4.69) is 30.5 Å². The number of hydrogen-bond acceptors (Lipinski definition) is 5. The highest BCUT2D eigenvalue weighted by Gasteiger charge is 2.16. The highest BCUT2D eigenvalue weighted by Crippen LogP contribution is 2.36. The van der Waals surface area contributed by atoms with Crippen LogP contribution >= 0.6 is 0 Å². The van der Waals surface area contributed by atoms with Crippen molar-refractivity contribution in [3.8, 4) is 39.4 Å². The molecule has 2 aromatic carbocycles. The zero-order valence-electron chi connectivity index (χ0n) is 20.4. The molecule has 0 aliphatic heterocycles. The lowest BCUT2D eigenvalue weighted by atomic mass is 10.0. The second-order valence-electron chi connectivity index (χ2n) is 9.12. The fourth-order valence-electron chi connectivity index (χ4n) is 4.65. The maximum atomic E-state index is 14.0. The Kier molecular flexibility index (Phi) is 5.80. The van der Waals surface area contributed by atoms with Gasteiger partial charge < -0.3 is 15.4 Å². The molecule has 0 fully saturated rings. The lowest BCUT2D eigenvalue weighted by molar-refractivity contribution is -0.116. The molecule has 188 valence electrons. The Balaban J connectivity index is 1.41. The lowest BCUT2D eigenvalue weighted by Crippen LogP contribution is -2.10. The first-order chi connectivity index (χ1) is 18.5. The molecule has 38 heavy (non-hydrogen) atoms. The van der Waals surface area contributed by atoms with Crippen molar-refractivity contribution in [3.63, 3.8) is 0 Å². The number of benzene rings is 2. The number of pyridine rings is 2. The van der Waals surface area contributed by atoms with Crippen LogP contribution in [0.5, 0.6) is 5.75 Å². The van der Waals surface area contributed by atoms with Gasteiger partial charge in [-0.1, -0.05) is 13.0 Å². The molecule has 4 N–H and O–H groups in total. The highest BCUT2D eigenvalue weighted by atomic mass is 19.1. The predicted molar refractivity (Wildman–Crippen MR) is 145 cm³/mol. The number of halogens is 1. The summed E-state index contributed by atoms with van der Waals surface area (Å²) in [6.07, 6.45) is 7.96. The Morgan fingerprint density at radius 3 is 2.63 bits per heavy atom. The molecule has 8 nitrogen and oxygen atoms in total. The van der Waals surface area contributed by atoms with Gasteiger partial charge in [0.2, 0.25) is 5.91 Å². The summed E-state index contributed by atoms with van der Waals surface area (Å²) in [5.74, 6) is -0.718. The van der Waals surface area contributed by atoms with Crippen LogP contribution in [0.1, 0.15) is 19.8 Å². The number of rotatable bonds is 6. The summed E-state index contributed by atoms with van der Waals surface area (Å²) in [6, 6.07) is 13.7. The Bertz CT molecular complexity index is 1800. The zero-order valence-corrected chi connectivity index (χ0v) is 20.4. The Hall–Kier alpha value is -5.05. The monoisotopic (exact) mass is 506 g/mol. The number of hydrogen-bond donors (Lipinski definition) is 4. The van der Waals surface area contributed by atoms with Gasteiger partial charge in [0.1, 0.15) is 17.3 Å². The van der Waals surface area contributed by atoms with Crippen molar-refractivity contribution in [2.45, 2.75) is 19.8 Å². The number of amides is 1. The van der Waals surface area contributed by atoms with E-state index in [1.54, 1.807) is 24.8 Å². The first-order valence-electron chi connectivity index (χ1n) is 12.2. The van der Waals surface area contributed by atoms with Gasteiger partial charge in [0.15, 0.2) is 0 Å². The molecule has 0 radical (unpaired) electrons. The molecule has 4 aromatic heterocycles. The number of anilines is 1. The summed E-state index contributed by atoms with van der Waals surface area (Å²) in [7, 11) is 0. The average molecular weight is 507 g/mol. The van der Waals surface area contributed by atoms with Gasteiger partial charge >= 0.3 is 0 Å². The van der Waals surface area contributed by atoms with E-state index in [1.165, 1.54) is 12.1 Å². The van der Waals surface area contributed by atoms with E-state index in [0.717, 1.165) is 51.1 Å². The van der Waals surface area contributed by atoms with Crippen molar-refractivity contribution >= 4 is 33.4 Å². The predicted octanol–water partition coefficient (Wildman–Crippen LogP) is 6.42. The van der Waals surface area contributed by atoms with Crippen LogP contribution in [-0.4, -0.2) is 36.2 Å². The summed E-state index contributed by atoms with van der Waals surface area (Å²) >= 11 is 0. The average Bonchev–Trinajstić information content (AvgIpc) is 3.52. The maximum Gasteiger partial charge on any atom is 0.224 e. The van der Waals surface area contributed by atoms with Gasteiger partial charge in [0.05, 0.1) is 34.8 Å². The number of aromatic nitrogens is 5. The minimum atomic E-state index is -0.526. The molecule has 0 atom stereocenters. The normalized spacial score (nSPS) is 11.3. The minimum absolute atomic E-state index is 0.0415. The number of phenolic OH excluding ortho intramolecular Hbond substituents is 1. The van der Waals surface area contributed by atoms with E-state index in [0.29, 0.717) is 28.9 Å². The number of nitrogens with zero attached hydrogens (tertiary/aromatic N) is 3. The van der Waals surface area contributed by atoms with Crippen molar-refractivity contribution in [1.82, 2.24) is 25.1 Å². The van der Waals surface area contributed by atoms with Crippen LogP contribution in [0.2, 0.25) is 0 Å². The summed E-state index contributed by atoms with van der Waals surface area (Å²) in [4.78, 5) is 24.0. The molecule has 0 aliphatic rings. The number of carbonyl (C=O) groups is 1. The molecule has 6 aromatic rings. The Morgan fingerprint density at radius 1 is 0.921 bits per heavy atom. The first-order valence-corrected chi connectivity index (χ1v) is 12.2. The smallest absolute Gasteiger partial charge is 0.224 e. The quantitative estimate of drug-likeness (QED) is 0.208. The van der Waals surface area contributed by atoms with E-state index in [-0.39, 0.29) is 11.7 Å². The van der Waals surface area contributed by atoms with E-state index in [4.69, 9.17) is 0 Å². The van der Waals surface area contributed by atoms with Gasteiger partial charge in [-0.3, -0.25) is 19.9 Å². The van der Waals surface area contributed by atoms with E-state index in [9.17, 15) is 14.3 Å². The fourth-order valence-corrected chi connectivity index (χ4v) is 4.65. The molecule has 0 bridgehead atoms. The van der Waals surface area contributed by atoms with Crippen LogP contribution in [0.3, 0.4) is 0 Å². The molecule has 0 unspecified atom stereocenters. The number of H-pyrrole nitrogens is 2. The number of aromatic hydroxyl groups is 1. The van der Waals surface area contributed by atoms with Crippen LogP contribution in [-0.2, 0) is 4.79 Å². The van der Waals surface area contributed by atoms with Gasteiger partial charge in [-0.2, -0.15) is 5.10 Å². The highest BCUT2D eigenvalue weighted by molar-refractivity contribution is 6.01. The van der Waals surface area contributed by atoms with E-state index in [1.807, 2.05) is 37.3 Å². The Labute approximate surface area is 216 Å². The van der Waals surface area contributed by atoms with Gasteiger partial charge in [-0.25, -0.2) is 4.39 Å². The minimum Gasteiger partial charge on any atom is -0.508 e. The van der Waals surface area contributed by atoms with E-state index < -0.39 is 5.82 Å². The molecule has 0 spiro atoms. The van der Waals surface area contributed by atoms with Crippen molar-refractivity contribution in [2.75, 3.05) is 5.32 Å². The Morgan fingerprint density at radius 2 is 1.79 bits per heavy atom. The van der Waals surface area contributed by atoms with Crippen molar-refractivity contribution in [1.29, 1.82) is 0 Å². The summed E-state index contributed by atoms with van der Waals surface area (Å²) in [5.41, 5.74) is 6.74. The second kappa shape index (κ2) is 9.44. The van der Waals surface area contributed by atoms with Gasteiger partial charge in [0.25, 0.3) is 0 Å². The van der Waals surface area contributed by atoms with Crippen LogP contribution in [0.25, 0.3) is 55.4 Å². The lowest BCUT2D eigenvalue weighted by Gasteiger charge is -2.07. The first kappa shape index (κ1) is 23.4. The number of phenols is 1. The van der Waals surface area contributed by atoms with Gasteiger partial charge in [-0.05, 0) is 53.9 Å². The molecular formula is C29H23FN6O2. The second-order valence-corrected chi connectivity index (χ2v) is 9.12. The molecule has 9 heteroatoms. The SMILES string of the molecule is CCCC(=O)Nc1cncc(-c2ccc3[nH]nc(-c4cc5c(-c6cc(O)cc(F)c6)cncc5[nH]4)c3c2)c1. The molecule has 4 heterocycles. The third-order valence-electron chi connectivity index (χ3n) is 6.39. The fraction of sp³-hybridized carbons (Fsp3) is 0.103. The van der Waals surface area contributed by atoms with Crippen LogP contribution in [0.15, 0.2) is 73.3 Å². The van der Waals surface area contributed by atoms with Crippen LogP contribution in [0.4, 0.5) is 10.1 Å². The standard InChI is InChI=1S/C29H23FN6O2/c1-2-3-28(38)33-20-7-18(12-31-13-20)16-4-5-25-23(9-16)29(36-35-25)26-11-22-24(14-32-15-27(22)34-26)17-6-19(30)10-21(37)8-17/h4-15,34,37H,2-3H2,1H3,(H,33,38)(H,35,36). The number of fused-ring (bicyclic) bond motifs is 2. The summed E-state index contributed by atoms with van der Waals surface area (Å²) < 4.78 is 14.0. The van der Waals surface area contributed by atoms with Gasteiger partial charge in [-0.15, -0.1) is 0 Å². The van der Waals surface area contributed by atoms with E-state index >= 15 is 0 Å². The molecule has 0 saturated carbocycles. The molecule has 1 amide bonds.